The van der Waals surface area contributed by atoms with Gasteiger partial charge in [0.15, 0.2) is 0 Å². The van der Waals surface area contributed by atoms with Crippen LogP contribution in [0.25, 0.3) is 0 Å². The summed E-state index contributed by atoms with van der Waals surface area (Å²) in [7, 11) is 3.60. The maximum Gasteiger partial charge on any atom is 0.241 e. The van der Waals surface area contributed by atoms with E-state index in [0.717, 1.165) is 21.9 Å². The molecule has 0 saturated carbocycles. The van der Waals surface area contributed by atoms with Gasteiger partial charge in [-0.15, -0.1) is 11.8 Å². The van der Waals surface area contributed by atoms with Crippen molar-refractivity contribution in [2.24, 2.45) is 0 Å². The molecule has 0 aliphatic carbocycles. The van der Waals surface area contributed by atoms with Gasteiger partial charge in [-0.25, -0.2) is 0 Å². The summed E-state index contributed by atoms with van der Waals surface area (Å²) >= 11 is 1.62. The second-order valence-corrected chi connectivity index (χ2v) is 6.48. The molecule has 24 heavy (non-hydrogen) atoms. The number of hydrogen-bond donors (Lipinski definition) is 1. The van der Waals surface area contributed by atoms with E-state index in [9.17, 15) is 4.79 Å². The summed E-state index contributed by atoms with van der Waals surface area (Å²) in [6.45, 7) is 2.59. The highest BCUT2D eigenvalue weighted by Gasteiger charge is 2.19. The van der Waals surface area contributed by atoms with Gasteiger partial charge in [-0.1, -0.05) is 24.3 Å². The van der Waals surface area contributed by atoms with Crippen molar-refractivity contribution in [2.45, 2.75) is 24.4 Å². The van der Waals surface area contributed by atoms with Crippen molar-refractivity contribution in [1.82, 2.24) is 4.90 Å². The van der Waals surface area contributed by atoms with E-state index in [2.05, 4.69) is 5.32 Å². The van der Waals surface area contributed by atoms with E-state index < -0.39 is 0 Å². The second kappa shape index (κ2) is 8.76. The number of benzene rings is 2. The number of anilines is 1. The molecule has 2 rings (SSSR count). The molecule has 2 aromatic carbocycles. The van der Waals surface area contributed by atoms with E-state index in [0.29, 0.717) is 6.54 Å². The highest BCUT2D eigenvalue weighted by atomic mass is 32.2. The van der Waals surface area contributed by atoms with Crippen LogP contribution in [0.5, 0.6) is 5.75 Å². The average Bonchev–Trinajstić information content (AvgIpc) is 2.61. The SMILES string of the molecule is COc1cccc(CN(C)C(C)C(=O)Nc2ccccc2SC)c1. The first kappa shape index (κ1) is 18.4. The molecule has 5 heteroatoms. The Morgan fingerprint density at radius 2 is 2.00 bits per heavy atom. The fourth-order valence-electron chi connectivity index (χ4n) is 2.38. The van der Waals surface area contributed by atoms with Crippen molar-refractivity contribution in [2.75, 3.05) is 25.7 Å². The van der Waals surface area contributed by atoms with Crippen LogP contribution in [0.2, 0.25) is 0 Å². The minimum atomic E-state index is -0.244. The Balaban J connectivity index is 2.01. The molecule has 0 fully saturated rings. The number of carbonyl (C=O) groups is 1. The maximum absolute atomic E-state index is 12.5. The Bertz CT molecular complexity index is 691. The first-order chi connectivity index (χ1) is 11.5. The second-order valence-electron chi connectivity index (χ2n) is 5.63. The molecular weight excluding hydrogens is 320 g/mol. The molecule has 2 aromatic rings. The number of hydrogen-bond acceptors (Lipinski definition) is 4. The third kappa shape index (κ3) is 4.76. The number of likely N-dealkylation sites (N-methyl/N-ethyl adjacent to an activating group) is 1. The van der Waals surface area contributed by atoms with E-state index >= 15 is 0 Å². The molecule has 0 saturated heterocycles. The Labute approximate surface area is 148 Å². The minimum Gasteiger partial charge on any atom is -0.497 e. The van der Waals surface area contributed by atoms with Crippen molar-refractivity contribution in [3.8, 4) is 5.75 Å². The molecule has 0 heterocycles. The molecule has 0 aliphatic heterocycles. The molecule has 1 atom stereocenters. The number of para-hydroxylation sites is 1. The van der Waals surface area contributed by atoms with Gasteiger partial charge in [0.05, 0.1) is 18.8 Å². The molecule has 1 amide bonds. The lowest BCUT2D eigenvalue weighted by atomic mass is 10.1. The average molecular weight is 344 g/mol. The number of rotatable bonds is 7. The lowest BCUT2D eigenvalue weighted by Crippen LogP contribution is -2.39. The molecule has 4 nitrogen and oxygen atoms in total. The van der Waals surface area contributed by atoms with E-state index in [1.807, 2.05) is 73.7 Å². The van der Waals surface area contributed by atoms with Crippen LogP contribution in [0.1, 0.15) is 12.5 Å². The lowest BCUT2D eigenvalue weighted by molar-refractivity contribution is -0.120. The van der Waals surface area contributed by atoms with E-state index in [4.69, 9.17) is 4.74 Å². The van der Waals surface area contributed by atoms with Gasteiger partial charge in [-0.2, -0.15) is 0 Å². The monoisotopic (exact) mass is 344 g/mol. The predicted octanol–water partition coefficient (Wildman–Crippen LogP) is 3.88. The van der Waals surface area contributed by atoms with Crippen LogP contribution in [0.4, 0.5) is 5.69 Å². The van der Waals surface area contributed by atoms with Crippen molar-refractivity contribution in [3.05, 3.63) is 54.1 Å². The number of nitrogens with one attached hydrogen (secondary N) is 1. The summed E-state index contributed by atoms with van der Waals surface area (Å²) in [6, 6.07) is 15.5. The van der Waals surface area contributed by atoms with Gasteiger partial charge in [0.25, 0.3) is 0 Å². The van der Waals surface area contributed by atoms with Gasteiger partial charge in [0, 0.05) is 11.4 Å². The summed E-state index contributed by atoms with van der Waals surface area (Å²) in [5.41, 5.74) is 1.97. The Morgan fingerprint density at radius 1 is 1.25 bits per heavy atom. The van der Waals surface area contributed by atoms with Gasteiger partial charge in [0.2, 0.25) is 5.91 Å². The zero-order valence-electron chi connectivity index (χ0n) is 14.6. The summed E-state index contributed by atoms with van der Waals surface area (Å²) in [4.78, 5) is 15.6. The third-order valence-corrected chi connectivity index (χ3v) is 4.77. The largest absolute Gasteiger partial charge is 0.497 e. The highest BCUT2D eigenvalue weighted by Crippen LogP contribution is 2.25. The minimum absolute atomic E-state index is 0.0121. The normalized spacial score (nSPS) is 12.0. The number of methoxy groups -OCH3 is 1. The predicted molar refractivity (Wildman–Crippen MR) is 101 cm³/mol. The van der Waals surface area contributed by atoms with Crippen LogP contribution >= 0.6 is 11.8 Å². The van der Waals surface area contributed by atoms with Crippen molar-refractivity contribution < 1.29 is 9.53 Å². The Kier molecular flexibility index (Phi) is 6.70. The zero-order chi connectivity index (χ0) is 17.5. The van der Waals surface area contributed by atoms with Gasteiger partial charge in [-0.3, -0.25) is 9.69 Å². The third-order valence-electron chi connectivity index (χ3n) is 3.97. The molecule has 1 unspecified atom stereocenters. The summed E-state index contributed by atoms with van der Waals surface area (Å²) in [5, 5.41) is 3.02. The summed E-state index contributed by atoms with van der Waals surface area (Å²) in [6.07, 6.45) is 2.00. The Morgan fingerprint density at radius 3 is 2.71 bits per heavy atom. The van der Waals surface area contributed by atoms with Crippen molar-refractivity contribution >= 4 is 23.4 Å². The summed E-state index contributed by atoms with van der Waals surface area (Å²) < 4.78 is 5.25. The van der Waals surface area contributed by atoms with E-state index in [1.165, 1.54) is 0 Å². The number of ether oxygens (including phenoxy) is 1. The van der Waals surface area contributed by atoms with Crippen molar-refractivity contribution in [3.63, 3.8) is 0 Å². The van der Waals surface area contributed by atoms with Gasteiger partial charge in [0.1, 0.15) is 5.75 Å². The number of nitrogens with zero attached hydrogens (tertiary/aromatic N) is 1. The maximum atomic E-state index is 12.5. The number of amides is 1. The number of carbonyl (C=O) groups excluding carboxylic acids is 1. The van der Waals surface area contributed by atoms with Crippen LogP contribution in [0.3, 0.4) is 0 Å². The van der Waals surface area contributed by atoms with Crippen molar-refractivity contribution in [1.29, 1.82) is 0 Å². The molecule has 0 spiro atoms. The molecule has 128 valence electrons. The summed E-state index contributed by atoms with van der Waals surface area (Å²) in [5.74, 6) is 0.814. The lowest BCUT2D eigenvalue weighted by Gasteiger charge is -2.24. The van der Waals surface area contributed by atoms with E-state index in [-0.39, 0.29) is 11.9 Å². The molecule has 0 aliphatic rings. The van der Waals surface area contributed by atoms with Crippen LogP contribution in [-0.2, 0) is 11.3 Å². The fourth-order valence-corrected chi connectivity index (χ4v) is 2.93. The molecular formula is C19H24N2O2S. The fraction of sp³-hybridized carbons (Fsp3) is 0.316. The van der Waals surface area contributed by atoms with E-state index in [1.54, 1.807) is 18.9 Å². The number of thioether (sulfide) groups is 1. The first-order valence-corrected chi connectivity index (χ1v) is 9.04. The van der Waals surface area contributed by atoms with Crippen LogP contribution < -0.4 is 10.1 Å². The van der Waals surface area contributed by atoms with Crippen LogP contribution in [0, 0.1) is 0 Å². The van der Waals surface area contributed by atoms with Gasteiger partial charge >= 0.3 is 0 Å². The molecule has 1 N–H and O–H groups in total. The topological polar surface area (TPSA) is 41.6 Å². The van der Waals surface area contributed by atoms with Crippen LogP contribution in [0.15, 0.2) is 53.4 Å². The first-order valence-electron chi connectivity index (χ1n) is 7.82. The van der Waals surface area contributed by atoms with Gasteiger partial charge in [-0.05, 0) is 50.1 Å². The highest BCUT2D eigenvalue weighted by molar-refractivity contribution is 7.98. The molecule has 0 aromatic heterocycles. The van der Waals surface area contributed by atoms with Gasteiger partial charge < -0.3 is 10.1 Å². The smallest absolute Gasteiger partial charge is 0.241 e. The molecule has 0 bridgehead atoms. The quantitative estimate of drug-likeness (QED) is 0.774. The molecule has 0 radical (unpaired) electrons. The van der Waals surface area contributed by atoms with Crippen LogP contribution in [-0.4, -0.2) is 37.3 Å². The standard InChI is InChI=1S/C19H24N2O2S/c1-14(19(22)20-17-10-5-6-11-18(17)24-4)21(2)13-15-8-7-9-16(12-15)23-3/h5-12,14H,13H2,1-4H3,(H,20,22). The Hall–Kier alpha value is -1.98. The zero-order valence-corrected chi connectivity index (χ0v) is 15.4.